The maximum atomic E-state index is 11.0. The van der Waals surface area contributed by atoms with Gasteiger partial charge in [0.2, 0.25) is 0 Å². The Kier molecular flexibility index (Phi) is 4.43. The van der Waals surface area contributed by atoms with Crippen LogP contribution in [0.15, 0.2) is 18.2 Å². The minimum Gasteiger partial charge on any atom is -0.330 e. The minimum atomic E-state index is -0.294. The molecule has 110 valence electrons. The van der Waals surface area contributed by atoms with Gasteiger partial charge in [-0.1, -0.05) is 31.9 Å². The molecule has 0 bridgehead atoms. The zero-order chi connectivity index (χ0) is 14.8. The molecule has 1 aromatic carbocycles. The van der Waals surface area contributed by atoms with Crippen molar-refractivity contribution in [2.45, 2.75) is 46.0 Å². The highest BCUT2D eigenvalue weighted by atomic mass is 16.6. The van der Waals surface area contributed by atoms with E-state index >= 15 is 0 Å². The van der Waals surface area contributed by atoms with Crippen LogP contribution in [0.5, 0.6) is 0 Å². The van der Waals surface area contributed by atoms with Gasteiger partial charge in [-0.05, 0) is 49.6 Å². The largest absolute Gasteiger partial charge is 0.330 e. The molecule has 1 aromatic rings. The van der Waals surface area contributed by atoms with Gasteiger partial charge in [0.15, 0.2) is 0 Å². The maximum absolute atomic E-state index is 11.0. The second-order valence-electron chi connectivity index (χ2n) is 6.40. The van der Waals surface area contributed by atoms with E-state index in [9.17, 15) is 10.1 Å². The van der Waals surface area contributed by atoms with E-state index < -0.39 is 0 Å². The Morgan fingerprint density at radius 1 is 1.50 bits per heavy atom. The maximum Gasteiger partial charge on any atom is 0.272 e. The Balaban J connectivity index is 2.28. The molecule has 2 N–H and O–H groups in total. The predicted octanol–water partition coefficient (Wildman–Crippen LogP) is 3.60. The summed E-state index contributed by atoms with van der Waals surface area (Å²) in [5, 5.41) is 11.0. The first-order valence-corrected chi connectivity index (χ1v) is 7.40. The van der Waals surface area contributed by atoms with Crippen molar-refractivity contribution in [2.75, 3.05) is 6.54 Å². The van der Waals surface area contributed by atoms with Gasteiger partial charge in [0.25, 0.3) is 5.69 Å². The first-order valence-electron chi connectivity index (χ1n) is 7.40. The van der Waals surface area contributed by atoms with Crippen molar-refractivity contribution >= 4 is 5.69 Å². The SMILES string of the molecule is Cc1c(CC2(CN)CCCC(C)C2)cccc1[N+](=O)[O-]. The van der Waals surface area contributed by atoms with Crippen LogP contribution >= 0.6 is 0 Å². The highest BCUT2D eigenvalue weighted by molar-refractivity contribution is 5.44. The van der Waals surface area contributed by atoms with E-state index in [0.29, 0.717) is 12.5 Å². The molecule has 0 aliphatic heterocycles. The molecule has 0 spiro atoms. The monoisotopic (exact) mass is 276 g/mol. The second-order valence-corrected chi connectivity index (χ2v) is 6.40. The summed E-state index contributed by atoms with van der Waals surface area (Å²) in [5.41, 5.74) is 8.28. The molecule has 2 rings (SSSR count). The van der Waals surface area contributed by atoms with Crippen LogP contribution < -0.4 is 5.73 Å². The summed E-state index contributed by atoms with van der Waals surface area (Å²) >= 11 is 0. The van der Waals surface area contributed by atoms with E-state index in [1.165, 1.54) is 12.8 Å². The lowest BCUT2D eigenvalue weighted by molar-refractivity contribution is -0.385. The number of nitrogens with two attached hydrogens (primary N) is 1. The van der Waals surface area contributed by atoms with Crippen molar-refractivity contribution in [1.29, 1.82) is 0 Å². The van der Waals surface area contributed by atoms with E-state index in [-0.39, 0.29) is 16.0 Å². The fourth-order valence-corrected chi connectivity index (χ4v) is 3.65. The van der Waals surface area contributed by atoms with Crippen molar-refractivity contribution in [1.82, 2.24) is 0 Å². The molecule has 1 aliphatic rings. The highest BCUT2D eigenvalue weighted by Crippen LogP contribution is 2.42. The van der Waals surface area contributed by atoms with E-state index in [0.717, 1.165) is 30.4 Å². The van der Waals surface area contributed by atoms with E-state index in [1.807, 2.05) is 13.0 Å². The summed E-state index contributed by atoms with van der Waals surface area (Å²) in [4.78, 5) is 10.8. The fraction of sp³-hybridized carbons (Fsp3) is 0.625. The molecule has 1 saturated carbocycles. The number of nitro benzene ring substituents is 1. The van der Waals surface area contributed by atoms with Crippen molar-refractivity contribution in [3.05, 3.63) is 39.4 Å². The molecule has 4 heteroatoms. The van der Waals surface area contributed by atoms with Crippen LogP contribution in [0.4, 0.5) is 5.69 Å². The predicted molar refractivity (Wildman–Crippen MR) is 80.7 cm³/mol. The van der Waals surface area contributed by atoms with Crippen molar-refractivity contribution in [3.8, 4) is 0 Å². The number of hydrogen-bond acceptors (Lipinski definition) is 3. The lowest BCUT2D eigenvalue weighted by Gasteiger charge is -2.39. The highest BCUT2D eigenvalue weighted by Gasteiger charge is 2.34. The zero-order valence-electron chi connectivity index (χ0n) is 12.4. The van der Waals surface area contributed by atoms with E-state index in [2.05, 4.69) is 6.92 Å². The molecular formula is C16H24N2O2. The van der Waals surface area contributed by atoms with Gasteiger partial charge in [-0.25, -0.2) is 0 Å². The first kappa shape index (κ1) is 15.0. The zero-order valence-corrected chi connectivity index (χ0v) is 12.4. The van der Waals surface area contributed by atoms with Gasteiger partial charge in [0.05, 0.1) is 4.92 Å². The van der Waals surface area contributed by atoms with Crippen LogP contribution in [-0.4, -0.2) is 11.5 Å². The molecule has 0 aromatic heterocycles. The van der Waals surface area contributed by atoms with Crippen LogP contribution in [0.2, 0.25) is 0 Å². The molecule has 0 heterocycles. The van der Waals surface area contributed by atoms with Gasteiger partial charge >= 0.3 is 0 Å². The Morgan fingerprint density at radius 3 is 2.85 bits per heavy atom. The van der Waals surface area contributed by atoms with E-state index in [1.54, 1.807) is 12.1 Å². The number of hydrogen-bond donors (Lipinski definition) is 1. The molecule has 2 unspecified atom stereocenters. The summed E-state index contributed by atoms with van der Waals surface area (Å²) in [6.45, 7) is 4.80. The third kappa shape index (κ3) is 3.01. The Bertz CT molecular complexity index is 501. The lowest BCUT2D eigenvalue weighted by Crippen LogP contribution is -2.37. The summed E-state index contributed by atoms with van der Waals surface area (Å²) < 4.78 is 0. The molecule has 0 amide bonds. The standard InChI is InChI=1S/C16H24N2O2/c1-12-5-4-8-16(9-12,11-17)10-14-6-3-7-15(13(14)2)18(19)20/h3,6-7,12H,4-5,8-11,17H2,1-2H3. The quantitative estimate of drug-likeness (QED) is 0.674. The van der Waals surface area contributed by atoms with Crippen LogP contribution in [0.3, 0.4) is 0 Å². The van der Waals surface area contributed by atoms with Gasteiger partial charge in [0, 0.05) is 11.6 Å². The average Bonchev–Trinajstić information content (AvgIpc) is 2.41. The van der Waals surface area contributed by atoms with Crippen LogP contribution in [0.25, 0.3) is 0 Å². The van der Waals surface area contributed by atoms with Gasteiger partial charge < -0.3 is 5.73 Å². The van der Waals surface area contributed by atoms with Gasteiger partial charge in [-0.15, -0.1) is 0 Å². The molecule has 1 aliphatic carbocycles. The molecule has 0 radical (unpaired) electrons. The van der Waals surface area contributed by atoms with Crippen LogP contribution in [-0.2, 0) is 6.42 Å². The van der Waals surface area contributed by atoms with Crippen molar-refractivity contribution in [3.63, 3.8) is 0 Å². The number of benzene rings is 1. The molecule has 20 heavy (non-hydrogen) atoms. The summed E-state index contributed by atoms with van der Waals surface area (Å²) in [6, 6.07) is 5.38. The van der Waals surface area contributed by atoms with Crippen molar-refractivity contribution < 1.29 is 4.92 Å². The molecule has 0 saturated heterocycles. The third-order valence-corrected chi connectivity index (χ3v) is 4.80. The van der Waals surface area contributed by atoms with Gasteiger partial charge in [-0.2, -0.15) is 0 Å². The number of nitrogens with zero attached hydrogens (tertiary/aromatic N) is 1. The fourth-order valence-electron chi connectivity index (χ4n) is 3.65. The summed E-state index contributed by atoms with van der Waals surface area (Å²) in [5.74, 6) is 0.700. The number of nitro groups is 1. The molecule has 4 nitrogen and oxygen atoms in total. The third-order valence-electron chi connectivity index (χ3n) is 4.80. The first-order chi connectivity index (χ1) is 9.47. The van der Waals surface area contributed by atoms with Crippen molar-refractivity contribution in [2.24, 2.45) is 17.1 Å². The summed E-state index contributed by atoms with van der Waals surface area (Å²) in [7, 11) is 0. The molecule has 1 fully saturated rings. The second kappa shape index (κ2) is 5.92. The number of rotatable bonds is 4. The van der Waals surface area contributed by atoms with E-state index in [4.69, 9.17) is 5.73 Å². The van der Waals surface area contributed by atoms with Crippen LogP contribution in [0.1, 0.15) is 43.7 Å². The Morgan fingerprint density at radius 2 is 2.25 bits per heavy atom. The lowest BCUT2D eigenvalue weighted by atomic mass is 9.67. The summed E-state index contributed by atoms with van der Waals surface area (Å²) in [6.07, 6.45) is 5.62. The molecule has 2 atom stereocenters. The van der Waals surface area contributed by atoms with Gasteiger partial charge in [-0.3, -0.25) is 10.1 Å². The Labute approximate surface area is 120 Å². The van der Waals surface area contributed by atoms with Gasteiger partial charge in [0.1, 0.15) is 0 Å². The normalized spacial score (nSPS) is 26.4. The molecular weight excluding hydrogens is 252 g/mol. The topological polar surface area (TPSA) is 69.2 Å². The Hall–Kier alpha value is -1.42. The smallest absolute Gasteiger partial charge is 0.272 e. The van der Waals surface area contributed by atoms with Crippen LogP contribution in [0, 0.1) is 28.4 Å². The average molecular weight is 276 g/mol. The minimum absolute atomic E-state index is 0.123.